The Labute approximate surface area is 197 Å². The van der Waals surface area contributed by atoms with Crippen LogP contribution in [0.15, 0.2) is 42.5 Å². The van der Waals surface area contributed by atoms with Crippen molar-refractivity contribution in [3.63, 3.8) is 0 Å². The van der Waals surface area contributed by atoms with Gasteiger partial charge in [0.2, 0.25) is 5.91 Å². The number of methoxy groups -OCH3 is 1. The van der Waals surface area contributed by atoms with Crippen LogP contribution in [-0.2, 0) is 11.3 Å². The predicted octanol–water partition coefficient (Wildman–Crippen LogP) is 4.56. The topological polar surface area (TPSA) is 53.6 Å². The van der Waals surface area contributed by atoms with E-state index in [4.69, 9.17) is 4.74 Å². The zero-order chi connectivity index (χ0) is 21.5. The SMILES string of the molecule is CCC1CCC(NCc2cc3c(cc2OC)[C@H]2C[C@H]2C(=O)N3C)C(c2ccccc2)N1.Cl. The Balaban J connectivity index is 0.00000245. The molecule has 32 heavy (non-hydrogen) atoms. The van der Waals surface area contributed by atoms with E-state index in [9.17, 15) is 4.79 Å². The molecular formula is C26H34ClN3O2. The Bertz CT molecular complexity index is 967. The molecule has 1 aliphatic carbocycles. The second-order valence-corrected chi connectivity index (χ2v) is 9.29. The van der Waals surface area contributed by atoms with Gasteiger partial charge in [0.25, 0.3) is 0 Å². The molecule has 2 aromatic rings. The Morgan fingerprint density at radius 2 is 1.94 bits per heavy atom. The lowest BCUT2D eigenvalue weighted by atomic mass is 9.88. The molecule has 0 spiro atoms. The van der Waals surface area contributed by atoms with Crippen molar-refractivity contribution >= 4 is 24.0 Å². The van der Waals surface area contributed by atoms with Crippen molar-refractivity contribution in [2.75, 3.05) is 19.1 Å². The van der Waals surface area contributed by atoms with Crippen LogP contribution in [0.3, 0.4) is 0 Å². The van der Waals surface area contributed by atoms with Crippen molar-refractivity contribution in [1.82, 2.24) is 10.6 Å². The molecular weight excluding hydrogens is 422 g/mol. The molecule has 2 heterocycles. The summed E-state index contributed by atoms with van der Waals surface area (Å²) < 4.78 is 5.77. The average Bonchev–Trinajstić information content (AvgIpc) is 3.62. The van der Waals surface area contributed by atoms with E-state index >= 15 is 0 Å². The van der Waals surface area contributed by atoms with Gasteiger partial charge in [0.1, 0.15) is 5.75 Å². The summed E-state index contributed by atoms with van der Waals surface area (Å²) in [6.07, 6.45) is 4.44. The minimum Gasteiger partial charge on any atom is -0.496 e. The van der Waals surface area contributed by atoms with Crippen LogP contribution >= 0.6 is 12.4 Å². The van der Waals surface area contributed by atoms with Gasteiger partial charge in [0.05, 0.1) is 7.11 Å². The molecule has 3 aliphatic rings. The van der Waals surface area contributed by atoms with Crippen LogP contribution in [0.1, 0.15) is 61.3 Å². The number of piperidine rings is 1. The first-order valence-electron chi connectivity index (χ1n) is 11.6. The van der Waals surface area contributed by atoms with E-state index in [-0.39, 0.29) is 24.2 Å². The van der Waals surface area contributed by atoms with Crippen LogP contribution in [-0.4, -0.2) is 32.1 Å². The van der Waals surface area contributed by atoms with E-state index < -0.39 is 0 Å². The summed E-state index contributed by atoms with van der Waals surface area (Å²) in [6, 6.07) is 16.3. The molecule has 6 heteroatoms. The van der Waals surface area contributed by atoms with E-state index in [0.29, 0.717) is 24.0 Å². The number of amides is 1. The summed E-state index contributed by atoms with van der Waals surface area (Å²) in [6.45, 7) is 2.98. The summed E-state index contributed by atoms with van der Waals surface area (Å²) in [5.41, 5.74) is 4.76. The van der Waals surface area contributed by atoms with E-state index in [1.807, 2.05) is 11.9 Å². The van der Waals surface area contributed by atoms with Gasteiger partial charge >= 0.3 is 0 Å². The Morgan fingerprint density at radius 3 is 2.66 bits per heavy atom. The van der Waals surface area contributed by atoms with Gasteiger partial charge in [0.15, 0.2) is 0 Å². The van der Waals surface area contributed by atoms with Crippen LogP contribution in [0, 0.1) is 5.92 Å². The van der Waals surface area contributed by atoms with Crippen molar-refractivity contribution in [2.24, 2.45) is 5.92 Å². The quantitative estimate of drug-likeness (QED) is 0.670. The van der Waals surface area contributed by atoms with Crippen LogP contribution in [0.2, 0.25) is 0 Å². The summed E-state index contributed by atoms with van der Waals surface area (Å²) >= 11 is 0. The molecule has 172 valence electrons. The molecule has 0 radical (unpaired) electrons. The van der Waals surface area contributed by atoms with Crippen LogP contribution < -0.4 is 20.3 Å². The van der Waals surface area contributed by atoms with Crippen LogP contribution in [0.5, 0.6) is 5.75 Å². The summed E-state index contributed by atoms with van der Waals surface area (Å²) in [7, 11) is 3.65. The maximum Gasteiger partial charge on any atom is 0.230 e. The number of nitrogens with zero attached hydrogens (tertiary/aromatic N) is 1. The number of nitrogens with one attached hydrogen (secondary N) is 2. The Kier molecular flexibility index (Phi) is 6.80. The first-order valence-corrected chi connectivity index (χ1v) is 11.6. The second-order valence-electron chi connectivity index (χ2n) is 9.29. The molecule has 3 unspecified atom stereocenters. The van der Waals surface area contributed by atoms with Crippen LogP contribution in [0.25, 0.3) is 0 Å². The van der Waals surface area contributed by atoms with Gasteiger partial charge in [-0.25, -0.2) is 0 Å². The molecule has 2 aromatic carbocycles. The Hall–Kier alpha value is -2.08. The molecule has 1 saturated carbocycles. The maximum absolute atomic E-state index is 12.5. The standard InChI is InChI=1S/C26H33N3O2.ClH/c1-4-18-10-11-22(25(28-18)16-8-6-5-7-9-16)27-15-17-12-23-20(14-24(17)31-3)19-13-21(19)26(30)29(23)2;/h5-9,12,14,18-19,21-22,25,27-28H,4,10-11,13,15H2,1-3H3;1H/t18?,19-,21-,22?,25?;/m1./s1. The van der Waals surface area contributed by atoms with Gasteiger partial charge in [0, 0.05) is 48.9 Å². The fraction of sp³-hybridized carbons (Fsp3) is 0.500. The molecule has 0 bridgehead atoms. The average molecular weight is 456 g/mol. The lowest BCUT2D eigenvalue weighted by molar-refractivity contribution is -0.119. The highest BCUT2D eigenvalue weighted by molar-refractivity contribution is 6.01. The van der Waals surface area contributed by atoms with Crippen molar-refractivity contribution in [3.05, 3.63) is 59.2 Å². The van der Waals surface area contributed by atoms with Gasteiger partial charge in [-0.2, -0.15) is 0 Å². The fourth-order valence-corrected chi connectivity index (χ4v) is 5.49. The van der Waals surface area contributed by atoms with Gasteiger partial charge < -0.3 is 20.3 Å². The number of hydrogen-bond donors (Lipinski definition) is 2. The fourth-order valence-electron chi connectivity index (χ4n) is 5.49. The second kappa shape index (κ2) is 9.42. The van der Waals surface area contributed by atoms with E-state index in [2.05, 4.69) is 60.0 Å². The van der Waals surface area contributed by atoms with Crippen molar-refractivity contribution in [3.8, 4) is 5.75 Å². The first kappa shape index (κ1) is 23.1. The third-order valence-electron chi connectivity index (χ3n) is 7.48. The minimum absolute atomic E-state index is 0. The lowest BCUT2D eigenvalue weighted by Gasteiger charge is -2.38. The molecule has 0 aromatic heterocycles. The molecule has 2 aliphatic heterocycles. The molecule has 2 fully saturated rings. The van der Waals surface area contributed by atoms with Crippen molar-refractivity contribution in [1.29, 1.82) is 0 Å². The monoisotopic (exact) mass is 455 g/mol. The number of rotatable bonds is 6. The van der Waals surface area contributed by atoms with Gasteiger partial charge in [-0.15, -0.1) is 12.4 Å². The van der Waals surface area contributed by atoms with E-state index in [0.717, 1.165) is 42.8 Å². The molecule has 1 saturated heterocycles. The summed E-state index contributed by atoms with van der Waals surface area (Å²) in [4.78, 5) is 14.4. The van der Waals surface area contributed by atoms with Gasteiger partial charge in [-0.1, -0.05) is 37.3 Å². The highest BCUT2D eigenvalue weighted by Gasteiger charge is 2.50. The minimum atomic E-state index is 0. The third kappa shape index (κ3) is 4.14. The lowest BCUT2D eigenvalue weighted by Crippen LogP contribution is -2.49. The number of carbonyl (C=O) groups is 1. The van der Waals surface area contributed by atoms with Crippen LogP contribution in [0.4, 0.5) is 5.69 Å². The maximum atomic E-state index is 12.5. The van der Waals surface area contributed by atoms with Gasteiger partial charge in [-0.3, -0.25) is 4.79 Å². The molecule has 5 rings (SSSR count). The van der Waals surface area contributed by atoms with Gasteiger partial charge in [-0.05, 0) is 54.9 Å². The van der Waals surface area contributed by atoms with E-state index in [1.54, 1.807) is 7.11 Å². The molecule has 1 amide bonds. The molecule has 5 atom stereocenters. The molecule has 5 nitrogen and oxygen atoms in total. The summed E-state index contributed by atoms with van der Waals surface area (Å²) in [5, 5.41) is 7.68. The third-order valence-corrected chi connectivity index (χ3v) is 7.48. The number of fused-ring (bicyclic) bond motifs is 3. The number of benzene rings is 2. The highest BCUT2D eigenvalue weighted by atomic mass is 35.5. The summed E-state index contributed by atoms with van der Waals surface area (Å²) in [5.74, 6) is 1.74. The normalized spacial score (nSPS) is 28.4. The number of halogens is 1. The number of carbonyl (C=O) groups excluding carboxylic acids is 1. The largest absolute Gasteiger partial charge is 0.496 e. The highest BCUT2D eigenvalue weighted by Crippen LogP contribution is 2.56. The smallest absolute Gasteiger partial charge is 0.230 e. The first-order chi connectivity index (χ1) is 15.1. The molecule has 2 N–H and O–H groups in total. The Morgan fingerprint density at radius 1 is 1.16 bits per heavy atom. The van der Waals surface area contributed by atoms with Crippen molar-refractivity contribution in [2.45, 2.75) is 63.2 Å². The number of ether oxygens (including phenoxy) is 1. The predicted molar refractivity (Wildman–Crippen MR) is 131 cm³/mol. The zero-order valence-corrected chi connectivity index (χ0v) is 20.0. The van der Waals surface area contributed by atoms with E-state index in [1.165, 1.54) is 17.5 Å². The number of hydrogen-bond acceptors (Lipinski definition) is 4. The number of anilines is 1. The van der Waals surface area contributed by atoms with Crippen molar-refractivity contribution < 1.29 is 9.53 Å². The zero-order valence-electron chi connectivity index (χ0n) is 19.1.